The highest BCUT2D eigenvalue weighted by Crippen LogP contribution is 2.43. The lowest BCUT2D eigenvalue weighted by Crippen LogP contribution is -2.39. The number of H-pyrrole nitrogens is 1. The molecule has 144 valence electrons. The maximum Gasteiger partial charge on any atom is 0.334 e. The lowest BCUT2D eigenvalue weighted by atomic mass is 9.77. The van der Waals surface area contributed by atoms with Crippen molar-refractivity contribution in [1.29, 1.82) is 0 Å². The molecule has 7 nitrogen and oxygen atoms in total. The summed E-state index contributed by atoms with van der Waals surface area (Å²) in [5.74, 6) is -0.818. The molecular weight excluding hydrogens is 368 g/mol. The zero-order valence-corrected chi connectivity index (χ0v) is 15.7. The van der Waals surface area contributed by atoms with Gasteiger partial charge in [-0.25, -0.2) is 14.4 Å². The number of aromatic nitrogens is 2. The summed E-state index contributed by atoms with van der Waals surface area (Å²) in [6, 6.07) is 18.5. The van der Waals surface area contributed by atoms with Crippen molar-refractivity contribution in [1.82, 2.24) is 14.5 Å². The molecule has 2 aliphatic rings. The highest BCUT2D eigenvalue weighted by atomic mass is 16.2. The van der Waals surface area contributed by atoms with Gasteiger partial charge in [0.05, 0.1) is 29.4 Å². The second-order valence-electron chi connectivity index (χ2n) is 7.33. The van der Waals surface area contributed by atoms with Gasteiger partial charge in [0.15, 0.2) is 5.82 Å². The topological polar surface area (TPSA) is 87.5 Å². The number of carbonyl (C=O) groups excluding carboxylic acids is 1. The number of aliphatic imine (C=N–C) groups is 1. The number of likely N-dealkylation sites (tertiary alicyclic amines) is 1. The summed E-state index contributed by atoms with van der Waals surface area (Å²) >= 11 is 0. The van der Waals surface area contributed by atoms with Gasteiger partial charge < -0.3 is 4.90 Å². The van der Waals surface area contributed by atoms with E-state index >= 15 is 0 Å². The standard InChI is InChI=1S/C22H18N4O3/c1-25-12-15-17(21(25)28)16(13-8-4-2-5-9-13)18-19(23-15)26(22(29)24-20(18)27)14-10-6-3-7-11-14/h2-11,16-17H,12H2,1H3,(H,24,27,29). The summed E-state index contributed by atoms with van der Waals surface area (Å²) in [5.41, 5.74) is 1.42. The molecular formula is C22H18N4O3. The van der Waals surface area contributed by atoms with Crippen molar-refractivity contribution in [3.8, 4) is 5.69 Å². The summed E-state index contributed by atoms with van der Waals surface area (Å²) in [4.78, 5) is 47.4. The Labute approximate surface area is 166 Å². The van der Waals surface area contributed by atoms with Crippen LogP contribution >= 0.6 is 0 Å². The van der Waals surface area contributed by atoms with Crippen LogP contribution < -0.4 is 11.2 Å². The summed E-state index contributed by atoms with van der Waals surface area (Å²) in [7, 11) is 1.73. The monoisotopic (exact) mass is 386 g/mol. The van der Waals surface area contributed by atoms with Crippen molar-refractivity contribution in [3.63, 3.8) is 0 Å². The van der Waals surface area contributed by atoms with Gasteiger partial charge in [0.1, 0.15) is 0 Å². The van der Waals surface area contributed by atoms with E-state index in [1.165, 1.54) is 4.57 Å². The Kier molecular flexibility index (Phi) is 3.84. The number of benzene rings is 2. The fourth-order valence-electron chi connectivity index (χ4n) is 4.31. The number of carbonyl (C=O) groups is 1. The van der Waals surface area contributed by atoms with Crippen LogP contribution in [0.4, 0.5) is 5.82 Å². The maximum absolute atomic E-state index is 13.0. The van der Waals surface area contributed by atoms with Crippen LogP contribution in [-0.2, 0) is 4.79 Å². The van der Waals surface area contributed by atoms with Gasteiger partial charge >= 0.3 is 5.69 Å². The Hall–Kier alpha value is -3.74. The molecule has 7 heteroatoms. The largest absolute Gasteiger partial charge is 0.340 e. The normalized spacial score (nSPS) is 20.2. The zero-order valence-electron chi connectivity index (χ0n) is 15.7. The lowest BCUT2D eigenvalue weighted by molar-refractivity contribution is -0.129. The summed E-state index contributed by atoms with van der Waals surface area (Å²) in [6.45, 7) is 0.377. The fourth-order valence-corrected chi connectivity index (χ4v) is 4.31. The molecule has 3 heterocycles. The first kappa shape index (κ1) is 17.4. The van der Waals surface area contributed by atoms with E-state index in [1.807, 2.05) is 48.5 Å². The fraction of sp³-hybridized carbons (Fsp3) is 0.182. The molecule has 2 atom stereocenters. The van der Waals surface area contributed by atoms with Crippen molar-refractivity contribution < 1.29 is 4.79 Å². The van der Waals surface area contributed by atoms with Gasteiger partial charge in [0, 0.05) is 13.0 Å². The minimum atomic E-state index is -0.549. The SMILES string of the molecule is CN1CC2=Nc3c(c(=O)[nH]c(=O)n3-c3ccccc3)C(c3ccccc3)C2C1=O. The molecule has 1 saturated heterocycles. The van der Waals surface area contributed by atoms with Crippen LogP contribution in [-0.4, -0.2) is 39.7 Å². The van der Waals surface area contributed by atoms with Gasteiger partial charge in [0.2, 0.25) is 5.91 Å². The first-order valence-corrected chi connectivity index (χ1v) is 9.38. The number of rotatable bonds is 2. The zero-order chi connectivity index (χ0) is 20.1. The Balaban J connectivity index is 1.87. The van der Waals surface area contributed by atoms with Gasteiger partial charge in [0.25, 0.3) is 5.56 Å². The second-order valence-corrected chi connectivity index (χ2v) is 7.33. The minimum absolute atomic E-state index is 0.0693. The Bertz CT molecular complexity index is 1260. The van der Waals surface area contributed by atoms with E-state index in [1.54, 1.807) is 24.1 Å². The molecule has 2 unspecified atom stereocenters. The van der Waals surface area contributed by atoms with Gasteiger partial charge in [-0.3, -0.25) is 14.6 Å². The molecule has 29 heavy (non-hydrogen) atoms. The number of para-hydroxylation sites is 1. The molecule has 0 spiro atoms. The second kappa shape index (κ2) is 6.41. The summed E-state index contributed by atoms with van der Waals surface area (Å²) < 4.78 is 1.42. The third kappa shape index (κ3) is 2.58. The van der Waals surface area contributed by atoms with E-state index in [9.17, 15) is 14.4 Å². The highest BCUT2D eigenvalue weighted by molar-refractivity contribution is 6.14. The maximum atomic E-state index is 13.0. The van der Waals surface area contributed by atoms with Crippen LogP contribution in [0.25, 0.3) is 5.69 Å². The highest BCUT2D eigenvalue weighted by Gasteiger charge is 2.47. The molecule has 1 aromatic heterocycles. The van der Waals surface area contributed by atoms with Crippen molar-refractivity contribution in [2.45, 2.75) is 5.92 Å². The first-order chi connectivity index (χ1) is 14.1. The quantitative estimate of drug-likeness (QED) is 0.729. The third-order valence-electron chi connectivity index (χ3n) is 5.59. The molecule has 3 aromatic rings. The number of nitrogens with zero attached hydrogens (tertiary/aromatic N) is 3. The van der Waals surface area contributed by atoms with E-state index in [4.69, 9.17) is 0 Å². The van der Waals surface area contributed by atoms with Crippen molar-refractivity contribution in [2.75, 3.05) is 13.6 Å². The van der Waals surface area contributed by atoms with Gasteiger partial charge in [-0.15, -0.1) is 0 Å². The average molecular weight is 386 g/mol. The number of nitrogens with one attached hydrogen (secondary N) is 1. The Morgan fingerprint density at radius 1 is 0.931 bits per heavy atom. The minimum Gasteiger partial charge on any atom is -0.340 e. The molecule has 0 saturated carbocycles. The van der Waals surface area contributed by atoms with Crippen LogP contribution in [0, 0.1) is 5.92 Å². The van der Waals surface area contributed by atoms with E-state index in [0.717, 1.165) is 5.56 Å². The van der Waals surface area contributed by atoms with Gasteiger partial charge in [-0.1, -0.05) is 48.5 Å². The lowest BCUT2D eigenvalue weighted by Gasteiger charge is -2.28. The van der Waals surface area contributed by atoms with E-state index in [2.05, 4.69) is 9.98 Å². The Morgan fingerprint density at radius 3 is 2.28 bits per heavy atom. The number of aromatic amines is 1. The van der Waals surface area contributed by atoms with Crippen molar-refractivity contribution in [3.05, 3.63) is 92.6 Å². The van der Waals surface area contributed by atoms with Crippen molar-refractivity contribution >= 4 is 17.4 Å². The third-order valence-corrected chi connectivity index (χ3v) is 5.59. The molecule has 1 fully saturated rings. The number of amides is 1. The van der Waals surface area contributed by atoms with E-state index in [-0.39, 0.29) is 5.91 Å². The van der Waals surface area contributed by atoms with Crippen LogP contribution in [0.2, 0.25) is 0 Å². The van der Waals surface area contributed by atoms with E-state index in [0.29, 0.717) is 29.3 Å². The predicted molar refractivity (Wildman–Crippen MR) is 109 cm³/mol. The first-order valence-electron chi connectivity index (χ1n) is 9.38. The summed E-state index contributed by atoms with van der Waals surface area (Å²) in [6.07, 6.45) is 0. The Morgan fingerprint density at radius 2 is 1.59 bits per heavy atom. The van der Waals surface area contributed by atoms with Crippen LogP contribution in [0.5, 0.6) is 0 Å². The van der Waals surface area contributed by atoms with Crippen molar-refractivity contribution in [2.24, 2.45) is 10.9 Å². The number of hydrogen-bond acceptors (Lipinski definition) is 4. The predicted octanol–water partition coefficient (Wildman–Crippen LogP) is 1.83. The smallest absolute Gasteiger partial charge is 0.334 e. The molecule has 1 N–H and O–H groups in total. The van der Waals surface area contributed by atoms with Crippen LogP contribution in [0.3, 0.4) is 0 Å². The number of hydrogen-bond donors (Lipinski definition) is 1. The van der Waals surface area contributed by atoms with Crippen LogP contribution in [0.15, 0.2) is 75.2 Å². The van der Waals surface area contributed by atoms with Crippen LogP contribution in [0.1, 0.15) is 17.0 Å². The average Bonchev–Trinajstić information content (AvgIpc) is 3.01. The molecule has 0 bridgehead atoms. The van der Waals surface area contributed by atoms with Gasteiger partial charge in [-0.05, 0) is 17.7 Å². The molecule has 2 aromatic carbocycles. The molecule has 0 aliphatic carbocycles. The molecule has 1 amide bonds. The number of fused-ring (bicyclic) bond motifs is 2. The van der Waals surface area contributed by atoms with Gasteiger partial charge in [-0.2, -0.15) is 0 Å². The molecule has 0 radical (unpaired) electrons. The summed E-state index contributed by atoms with van der Waals surface area (Å²) in [5, 5.41) is 0. The van der Waals surface area contributed by atoms with E-state index < -0.39 is 23.1 Å². The molecule has 2 aliphatic heterocycles. The molecule has 5 rings (SSSR count).